The molecule has 27 heavy (non-hydrogen) atoms. The minimum atomic E-state index is 0.00284. The molecular weight excluding hydrogens is 338 g/mol. The van der Waals surface area contributed by atoms with E-state index in [4.69, 9.17) is 0 Å². The molecule has 0 aliphatic carbocycles. The van der Waals surface area contributed by atoms with E-state index in [1.807, 2.05) is 18.7 Å². The van der Waals surface area contributed by atoms with Crippen LogP contribution in [0.1, 0.15) is 57.1 Å². The van der Waals surface area contributed by atoms with E-state index in [9.17, 15) is 9.59 Å². The van der Waals surface area contributed by atoms with Crippen molar-refractivity contribution in [1.29, 1.82) is 0 Å². The predicted molar refractivity (Wildman–Crippen MR) is 109 cm³/mol. The van der Waals surface area contributed by atoms with Crippen molar-refractivity contribution >= 4 is 17.4 Å². The number of hydrogen-bond acceptors (Lipinski definition) is 3. The van der Waals surface area contributed by atoms with Crippen molar-refractivity contribution in [3.05, 3.63) is 51.8 Å². The fraction of sp³-hybridized carbons (Fsp3) is 0.455. The monoisotopic (exact) mass is 367 g/mol. The average Bonchev–Trinajstić information content (AvgIpc) is 3.00. The molecule has 0 atom stereocenters. The van der Waals surface area contributed by atoms with Gasteiger partial charge in [-0.1, -0.05) is 19.1 Å². The highest BCUT2D eigenvalue weighted by Crippen LogP contribution is 2.25. The Morgan fingerprint density at radius 1 is 1.07 bits per heavy atom. The van der Waals surface area contributed by atoms with E-state index in [0.29, 0.717) is 30.8 Å². The first-order chi connectivity index (χ1) is 12.8. The lowest BCUT2D eigenvalue weighted by Gasteiger charge is -2.37. The third-order valence-electron chi connectivity index (χ3n) is 5.69. The Bertz CT molecular complexity index is 874. The third kappa shape index (κ3) is 3.51. The molecule has 0 saturated carbocycles. The van der Waals surface area contributed by atoms with Crippen molar-refractivity contribution in [2.75, 3.05) is 31.1 Å². The van der Waals surface area contributed by atoms with Gasteiger partial charge in [0.1, 0.15) is 5.69 Å². The van der Waals surface area contributed by atoms with E-state index in [2.05, 4.69) is 41.9 Å². The standard InChI is InChI=1S/C22H29N3O2/c1-6-18-20(17(5)26)16(4)23-21(18)22(27)25-12-10-24(11-13-25)19-9-7-8-14(2)15(19)3/h7-9,23H,6,10-13H2,1-5H3. The lowest BCUT2D eigenvalue weighted by Crippen LogP contribution is -2.49. The Balaban J connectivity index is 1.77. The van der Waals surface area contributed by atoms with Crippen LogP contribution < -0.4 is 4.90 Å². The normalized spacial score (nSPS) is 14.6. The zero-order chi connectivity index (χ0) is 19.7. The maximum absolute atomic E-state index is 13.1. The van der Waals surface area contributed by atoms with Gasteiger partial charge in [-0.3, -0.25) is 9.59 Å². The summed E-state index contributed by atoms with van der Waals surface area (Å²) < 4.78 is 0. The molecule has 0 spiro atoms. The summed E-state index contributed by atoms with van der Waals surface area (Å²) in [5.74, 6) is 0.0162. The number of carbonyl (C=O) groups excluding carboxylic acids is 2. The van der Waals surface area contributed by atoms with Crippen molar-refractivity contribution in [1.82, 2.24) is 9.88 Å². The van der Waals surface area contributed by atoms with Crippen LogP contribution in [0, 0.1) is 20.8 Å². The van der Waals surface area contributed by atoms with Crippen LogP contribution in [0.4, 0.5) is 5.69 Å². The van der Waals surface area contributed by atoms with Gasteiger partial charge in [0.2, 0.25) is 0 Å². The molecule has 1 saturated heterocycles. The highest BCUT2D eigenvalue weighted by atomic mass is 16.2. The van der Waals surface area contributed by atoms with Crippen molar-refractivity contribution in [2.24, 2.45) is 0 Å². The van der Waals surface area contributed by atoms with Crippen molar-refractivity contribution in [3.8, 4) is 0 Å². The second-order valence-electron chi connectivity index (χ2n) is 7.39. The van der Waals surface area contributed by atoms with E-state index < -0.39 is 0 Å². The number of rotatable bonds is 4. The number of Topliss-reactive ketones (excluding diaryl/α,β-unsaturated/α-hetero) is 1. The number of nitrogens with one attached hydrogen (secondary N) is 1. The maximum Gasteiger partial charge on any atom is 0.270 e. The maximum atomic E-state index is 13.1. The number of anilines is 1. The molecule has 2 aromatic rings. The molecule has 0 radical (unpaired) electrons. The van der Waals surface area contributed by atoms with Crippen LogP contribution in [-0.4, -0.2) is 47.8 Å². The minimum Gasteiger partial charge on any atom is -0.368 e. The van der Waals surface area contributed by atoms with Gasteiger partial charge in [0.05, 0.1) is 0 Å². The summed E-state index contributed by atoms with van der Waals surface area (Å²) in [4.78, 5) is 32.5. The third-order valence-corrected chi connectivity index (χ3v) is 5.69. The Labute approximate surface area is 161 Å². The van der Waals surface area contributed by atoms with Gasteiger partial charge >= 0.3 is 0 Å². The molecule has 1 aliphatic rings. The minimum absolute atomic E-state index is 0.00284. The quantitative estimate of drug-likeness (QED) is 0.839. The van der Waals surface area contributed by atoms with Gasteiger partial charge in [0.25, 0.3) is 5.91 Å². The number of piperazine rings is 1. The van der Waals surface area contributed by atoms with E-state index in [1.54, 1.807) is 6.92 Å². The number of H-pyrrole nitrogens is 1. The van der Waals surface area contributed by atoms with Crippen LogP contribution >= 0.6 is 0 Å². The highest BCUT2D eigenvalue weighted by Gasteiger charge is 2.28. The molecule has 5 heteroatoms. The largest absolute Gasteiger partial charge is 0.368 e. The zero-order valence-electron chi connectivity index (χ0n) is 17.0. The molecule has 1 fully saturated rings. The van der Waals surface area contributed by atoms with E-state index in [-0.39, 0.29) is 11.7 Å². The Morgan fingerprint density at radius 3 is 2.33 bits per heavy atom. The zero-order valence-corrected chi connectivity index (χ0v) is 17.0. The van der Waals surface area contributed by atoms with Gasteiger partial charge < -0.3 is 14.8 Å². The van der Waals surface area contributed by atoms with Gasteiger partial charge in [0.15, 0.2) is 5.78 Å². The average molecular weight is 367 g/mol. The summed E-state index contributed by atoms with van der Waals surface area (Å²) in [6.07, 6.45) is 0.669. The molecule has 2 heterocycles. The van der Waals surface area contributed by atoms with Crippen molar-refractivity contribution < 1.29 is 9.59 Å². The van der Waals surface area contributed by atoms with Crippen LogP contribution in [-0.2, 0) is 6.42 Å². The summed E-state index contributed by atoms with van der Waals surface area (Å²) in [6, 6.07) is 6.38. The molecular formula is C22H29N3O2. The van der Waals surface area contributed by atoms with E-state index in [1.165, 1.54) is 16.8 Å². The van der Waals surface area contributed by atoms with Crippen LogP contribution in [0.2, 0.25) is 0 Å². The fourth-order valence-electron chi connectivity index (χ4n) is 4.08. The van der Waals surface area contributed by atoms with Crippen LogP contribution in [0.25, 0.3) is 0 Å². The molecule has 1 amide bonds. The van der Waals surface area contributed by atoms with E-state index in [0.717, 1.165) is 24.3 Å². The molecule has 3 rings (SSSR count). The van der Waals surface area contributed by atoms with Gasteiger partial charge in [0, 0.05) is 43.1 Å². The highest BCUT2D eigenvalue weighted by molar-refractivity contribution is 6.02. The lowest BCUT2D eigenvalue weighted by atomic mass is 10.0. The number of aromatic nitrogens is 1. The Kier molecular flexibility index (Phi) is 5.40. The summed E-state index contributed by atoms with van der Waals surface area (Å²) in [6.45, 7) is 12.7. The fourth-order valence-corrected chi connectivity index (χ4v) is 4.08. The van der Waals surface area contributed by atoms with Crippen LogP contribution in [0.3, 0.4) is 0 Å². The second kappa shape index (κ2) is 7.59. The molecule has 1 aliphatic heterocycles. The molecule has 1 aromatic heterocycles. The number of hydrogen-bond donors (Lipinski definition) is 1. The van der Waals surface area contributed by atoms with Crippen LogP contribution in [0.15, 0.2) is 18.2 Å². The Hall–Kier alpha value is -2.56. The smallest absolute Gasteiger partial charge is 0.270 e. The first-order valence-corrected chi connectivity index (χ1v) is 9.68. The number of carbonyl (C=O) groups is 2. The molecule has 5 nitrogen and oxygen atoms in total. The van der Waals surface area contributed by atoms with Gasteiger partial charge in [-0.25, -0.2) is 0 Å². The predicted octanol–water partition coefficient (Wildman–Crippen LogP) is 3.67. The molecule has 1 aromatic carbocycles. The number of amides is 1. The lowest BCUT2D eigenvalue weighted by molar-refractivity contribution is 0.0740. The summed E-state index contributed by atoms with van der Waals surface area (Å²) in [7, 11) is 0. The molecule has 0 unspecified atom stereocenters. The van der Waals surface area contributed by atoms with Crippen LogP contribution in [0.5, 0.6) is 0 Å². The number of nitrogens with zero attached hydrogens (tertiary/aromatic N) is 2. The van der Waals surface area contributed by atoms with E-state index >= 15 is 0 Å². The SMILES string of the molecule is CCc1c(C(=O)N2CCN(c3cccc(C)c3C)CC2)[nH]c(C)c1C(C)=O. The summed E-state index contributed by atoms with van der Waals surface area (Å²) >= 11 is 0. The summed E-state index contributed by atoms with van der Waals surface area (Å²) in [5, 5.41) is 0. The van der Waals surface area contributed by atoms with Crippen molar-refractivity contribution in [3.63, 3.8) is 0 Å². The van der Waals surface area contributed by atoms with Gasteiger partial charge in [-0.2, -0.15) is 0 Å². The number of aromatic amines is 1. The van der Waals surface area contributed by atoms with Gasteiger partial charge in [-0.05, 0) is 56.9 Å². The number of ketones is 1. The molecule has 144 valence electrons. The first-order valence-electron chi connectivity index (χ1n) is 9.68. The van der Waals surface area contributed by atoms with Gasteiger partial charge in [-0.15, -0.1) is 0 Å². The first kappa shape index (κ1) is 19.2. The summed E-state index contributed by atoms with van der Waals surface area (Å²) in [5.41, 5.74) is 6.74. The Morgan fingerprint density at radius 2 is 1.74 bits per heavy atom. The topological polar surface area (TPSA) is 56.4 Å². The molecule has 0 bridgehead atoms. The van der Waals surface area contributed by atoms with Crippen molar-refractivity contribution in [2.45, 2.75) is 41.0 Å². The second-order valence-corrected chi connectivity index (χ2v) is 7.39. The molecule has 1 N–H and O–H groups in total. The number of benzene rings is 1. The number of aryl methyl sites for hydroxylation is 2.